The molecule has 2 saturated heterocycles. The maximum atomic E-state index is 13.6. The van der Waals surface area contributed by atoms with Gasteiger partial charge in [0.05, 0.1) is 48.7 Å². The Morgan fingerprint density at radius 2 is 1.88 bits per heavy atom. The number of carbonyl (C=O) groups is 2. The molecule has 2 aromatic carbocycles. The van der Waals surface area contributed by atoms with Gasteiger partial charge in [-0.3, -0.25) is 4.79 Å². The number of aromatic amines is 1. The van der Waals surface area contributed by atoms with Gasteiger partial charge in [0.15, 0.2) is 0 Å². The van der Waals surface area contributed by atoms with Gasteiger partial charge in [0.2, 0.25) is 5.91 Å². The molecule has 2 N–H and O–H groups in total. The number of aromatic nitrogens is 2. The summed E-state index contributed by atoms with van der Waals surface area (Å²) in [5.41, 5.74) is 2.03. The summed E-state index contributed by atoms with van der Waals surface area (Å²) in [7, 11) is 0.817. The van der Waals surface area contributed by atoms with Gasteiger partial charge < -0.3 is 29.2 Å². The van der Waals surface area contributed by atoms with Crippen LogP contribution >= 0.6 is 0 Å². The van der Waals surface area contributed by atoms with Crippen LogP contribution in [-0.2, 0) is 18.8 Å². The summed E-state index contributed by atoms with van der Waals surface area (Å²) in [6, 6.07) is 13.3. The molecule has 42 heavy (non-hydrogen) atoms. The average molecular weight is 569 g/mol. The summed E-state index contributed by atoms with van der Waals surface area (Å²) in [6.07, 6.45) is 3.73. The number of nitrogens with zero attached hydrogens (tertiary/aromatic N) is 3. The van der Waals surface area contributed by atoms with E-state index in [1.165, 1.54) is 7.11 Å². The Hall–Kier alpha value is -3.88. The number of hydrogen-bond acceptors (Lipinski definition) is 7. The molecule has 0 radical (unpaired) electrons. The fourth-order valence-corrected chi connectivity index (χ4v) is 6.52. The Bertz CT molecular complexity index is 1560. The molecule has 1 saturated carbocycles. The zero-order valence-electron chi connectivity index (χ0n) is 24.6. The summed E-state index contributed by atoms with van der Waals surface area (Å²) in [4.78, 5) is 35.5. The molecule has 10 nitrogen and oxygen atoms in total. The second kappa shape index (κ2) is 10.4. The zero-order chi connectivity index (χ0) is 29.8. The zero-order valence-corrected chi connectivity index (χ0v) is 24.6. The number of amides is 2. The lowest BCUT2D eigenvalue weighted by Gasteiger charge is -2.36. The van der Waals surface area contributed by atoms with E-state index in [2.05, 4.69) is 73.1 Å². The smallest absolute Gasteiger partial charge is 0.453 e. The first-order valence-electron chi connectivity index (χ1n) is 14.5. The third kappa shape index (κ3) is 4.82. The molecule has 3 aliphatic rings. The van der Waals surface area contributed by atoms with E-state index in [1.807, 2.05) is 23.2 Å². The second-order valence-electron chi connectivity index (χ2n) is 12.6. The standard InChI is InChI=1S/C31H36BN5O5/c1-30(2)31(3,4)42-32(41-30)22-10-8-18-14-20(7-6-19(18)15-22)25-17-34-27(35-25)26-21-9-11-23(16-21)37(26)28(38)24(12-13-33)36-29(39)40-5/h6-8,10,14-15,17,21,23-24,26H,9,11-12,16H2,1-5H3,(H,34,35)(H,36,39). The first-order chi connectivity index (χ1) is 20.0. The van der Waals surface area contributed by atoms with Crippen molar-refractivity contribution < 1.29 is 23.6 Å². The Morgan fingerprint density at radius 3 is 2.60 bits per heavy atom. The molecule has 1 aromatic heterocycles. The van der Waals surface area contributed by atoms with Gasteiger partial charge in [-0.15, -0.1) is 0 Å². The summed E-state index contributed by atoms with van der Waals surface area (Å²) < 4.78 is 17.2. The van der Waals surface area contributed by atoms with Gasteiger partial charge in [-0.25, -0.2) is 9.78 Å². The number of methoxy groups -OCH3 is 1. The molecule has 2 amide bonds. The third-order valence-corrected chi connectivity index (χ3v) is 9.49. The van der Waals surface area contributed by atoms with Crippen molar-refractivity contribution in [2.24, 2.45) is 5.92 Å². The van der Waals surface area contributed by atoms with Gasteiger partial charge in [0, 0.05) is 11.6 Å². The summed E-state index contributed by atoms with van der Waals surface area (Å²) in [5.74, 6) is 0.708. The van der Waals surface area contributed by atoms with Gasteiger partial charge >= 0.3 is 13.2 Å². The van der Waals surface area contributed by atoms with Crippen LogP contribution in [0.15, 0.2) is 42.6 Å². The molecule has 6 rings (SSSR count). The van der Waals surface area contributed by atoms with Crippen LogP contribution in [0, 0.1) is 17.2 Å². The van der Waals surface area contributed by atoms with Crippen molar-refractivity contribution in [1.82, 2.24) is 20.2 Å². The maximum absolute atomic E-state index is 13.6. The van der Waals surface area contributed by atoms with Crippen LogP contribution in [0.4, 0.5) is 4.79 Å². The quantitative estimate of drug-likeness (QED) is 0.426. The van der Waals surface area contributed by atoms with Crippen LogP contribution in [-0.4, -0.2) is 64.4 Å². The van der Waals surface area contributed by atoms with Gasteiger partial charge in [0.1, 0.15) is 11.9 Å². The predicted octanol–water partition coefficient (Wildman–Crippen LogP) is 4.22. The number of benzene rings is 2. The predicted molar refractivity (Wildman–Crippen MR) is 158 cm³/mol. The van der Waals surface area contributed by atoms with Crippen LogP contribution < -0.4 is 10.8 Å². The first kappa shape index (κ1) is 28.3. The van der Waals surface area contributed by atoms with Crippen molar-refractivity contribution in [3.8, 4) is 17.3 Å². The van der Waals surface area contributed by atoms with Crippen LogP contribution in [0.3, 0.4) is 0 Å². The molecule has 4 unspecified atom stereocenters. The van der Waals surface area contributed by atoms with Crippen molar-refractivity contribution in [2.75, 3.05) is 7.11 Å². The highest BCUT2D eigenvalue weighted by Gasteiger charge is 2.52. The van der Waals surface area contributed by atoms with Crippen molar-refractivity contribution in [1.29, 1.82) is 5.26 Å². The minimum absolute atomic E-state index is 0.0560. The van der Waals surface area contributed by atoms with Crippen molar-refractivity contribution in [2.45, 2.75) is 82.7 Å². The largest absolute Gasteiger partial charge is 0.494 e. The number of piperidine rings is 1. The fraction of sp³-hybridized carbons (Fsp3) is 0.484. The van der Waals surface area contributed by atoms with E-state index in [1.54, 1.807) is 0 Å². The molecule has 2 bridgehead atoms. The highest BCUT2D eigenvalue weighted by Crippen LogP contribution is 2.50. The van der Waals surface area contributed by atoms with Gasteiger partial charge in [-0.1, -0.05) is 30.3 Å². The van der Waals surface area contributed by atoms with E-state index in [4.69, 9.17) is 14.3 Å². The number of H-pyrrole nitrogens is 1. The van der Waals surface area contributed by atoms with E-state index >= 15 is 0 Å². The molecule has 3 fully saturated rings. The fourth-order valence-electron chi connectivity index (χ4n) is 6.52. The SMILES string of the molecule is COC(=O)NC(CC#N)C(=O)N1C2CCC(C2)C1c1ncc(-c2ccc3cc(B4OC(C)(C)C(C)(C)O4)ccc3c2)[nH]1. The second-order valence-corrected chi connectivity index (χ2v) is 12.6. The molecule has 4 atom stereocenters. The number of fused-ring (bicyclic) bond motifs is 3. The number of alkyl carbamates (subject to hydrolysis) is 1. The molecule has 1 aliphatic carbocycles. The Balaban J connectivity index is 1.24. The Labute approximate surface area is 245 Å². The highest BCUT2D eigenvalue weighted by molar-refractivity contribution is 6.62. The molecule has 218 valence electrons. The molecule has 11 heteroatoms. The van der Waals surface area contributed by atoms with Crippen LogP contribution in [0.1, 0.15) is 65.2 Å². The van der Waals surface area contributed by atoms with Crippen molar-refractivity contribution in [3.05, 3.63) is 48.4 Å². The third-order valence-electron chi connectivity index (χ3n) is 9.49. The number of nitrogens with one attached hydrogen (secondary N) is 2. The number of imidazole rings is 1. The average Bonchev–Trinajstić information content (AvgIpc) is 3.75. The topological polar surface area (TPSA) is 130 Å². The summed E-state index contributed by atoms with van der Waals surface area (Å²) >= 11 is 0. The van der Waals surface area contributed by atoms with Gasteiger partial charge in [-0.05, 0) is 75.2 Å². The van der Waals surface area contributed by atoms with E-state index in [0.29, 0.717) is 0 Å². The van der Waals surface area contributed by atoms with Gasteiger partial charge in [-0.2, -0.15) is 5.26 Å². The molecule has 3 heterocycles. The molecule has 3 aromatic rings. The highest BCUT2D eigenvalue weighted by atomic mass is 16.7. The number of nitriles is 1. The lowest BCUT2D eigenvalue weighted by atomic mass is 9.78. The van der Waals surface area contributed by atoms with E-state index in [9.17, 15) is 14.9 Å². The van der Waals surface area contributed by atoms with E-state index in [-0.39, 0.29) is 30.3 Å². The summed E-state index contributed by atoms with van der Waals surface area (Å²) in [6.45, 7) is 8.20. The minimum Gasteiger partial charge on any atom is -0.453 e. The number of carbonyl (C=O) groups excluding carboxylic acids is 2. The lowest BCUT2D eigenvalue weighted by Crippen LogP contribution is -2.51. The summed E-state index contributed by atoms with van der Waals surface area (Å²) in [5, 5.41) is 14.0. The van der Waals surface area contributed by atoms with Gasteiger partial charge in [0.25, 0.3) is 0 Å². The maximum Gasteiger partial charge on any atom is 0.494 e. The molecular formula is C31H36BN5O5. The normalized spacial score (nSPS) is 24.5. The van der Waals surface area contributed by atoms with E-state index in [0.717, 1.165) is 52.6 Å². The van der Waals surface area contributed by atoms with Crippen molar-refractivity contribution >= 4 is 35.4 Å². The monoisotopic (exact) mass is 569 g/mol. The number of likely N-dealkylation sites (tertiary alicyclic amines) is 1. The number of rotatable bonds is 6. The molecular weight excluding hydrogens is 533 g/mol. The Morgan fingerprint density at radius 1 is 1.17 bits per heavy atom. The number of hydrogen-bond donors (Lipinski definition) is 2. The Kier molecular flexibility index (Phi) is 7.02. The van der Waals surface area contributed by atoms with Crippen LogP contribution in [0.25, 0.3) is 22.0 Å². The molecule has 2 aliphatic heterocycles. The minimum atomic E-state index is -0.971. The lowest BCUT2D eigenvalue weighted by molar-refractivity contribution is -0.138. The van der Waals surface area contributed by atoms with Crippen molar-refractivity contribution in [3.63, 3.8) is 0 Å². The first-order valence-corrected chi connectivity index (χ1v) is 14.5. The van der Waals surface area contributed by atoms with Crippen LogP contribution in [0.2, 0.25) is 0 Å². The number of ether oxygens (including phenoxy) is 1. The van der Waals surface area contributed by atoms with E-state index < -0.39 is 30.5 Å². The molecule has 0 spiro atoms. The van der Waals surface area contributed by atoms with Crippen LogP contribution in [0.5, 0.6) is 0 Å².